The molecule has 0 aromatic heterocycles. The van der Waals surface area contributed by atoms with Crippen LogP contribution >= 0.6 is 0 Å². The summed E-state index contributed by atoms with van der Waals surface area (Å²) in [6.07, 6.45) is 5.08. The fourth-order valence-corrected chi connectivity index (χ4v) is 0.577. The van der Waals surface area contributed by atoms with E-state index in [-0.39, 0.29) is 13.2 Å². The molecule has 0 aliphatic carbocycles. The summed E-state index contributed by atoms with van der Waals surface area (Å²) < 4.78 is 0. The zero-order chi connectivity index (χ0) is 8.95. The molecule has 0 rings (SSSR count). The maximum Gasteiger partial charge on any atom is 0.0431 e. The minimum atomic E-state index is 0.283. The van der Waals surface area contributed by atoms with Crippen LogP contribution in [0.3, 0.4) is 0 Å². The molecule has 0 unspecified atom stereocenters. The van der Waals surface area contributed by atoms with Crippen LogP contribution in [0.2, 0.25) is 0 Å². The largest absolute Gasteiger partial charge is 0.396 e. The van der Waals surface area contributed by atoms with Crippen molar-refractivity contribution in [3.8, 4) is 0 Å². The number of rotatable bonds is 5. The Hall–Kier alpha value is -0.0800. The molecular weight excluding hydrogens is 140 g/mol. The molecule has 0 bridgehead atoms. The molecule has 11 heavy (non-hydrogen) atoms. The van der Waals surface area contributed by atoms with Crippen LogP contribution in [0.25, 0.3) is 0 Å². The lowest BCUT2D eigenvalue weighted by atomic mass is 10.2. The van der Waals surface area contributed by atoms with Gasteiger partial charge in [0.1, 0.15) is 0 Å². The van der Waals surface area contributed by atoms with E-state index in [4.69, 9.17) is 10.2 Å². The molecule has 0 atom stereocenters. The third-order valence-electron chi connectivity index (χ3n) is 1.07. The Balaban J connectivity index is 0. The maximum atomic E-state index is 8.30. The van der Waals surface area contributed by atoms with Gasteiger partial charge in [-0.3, -0.25) is 0 Å². The molecule has 0 saturated carbocycles. The van der Waals surface area contributed by atoms with Crippen LogP contribution in [-0.4, -0.2) is 23.4 Å². The van der Waals surface area contributed by atoms with Gasteiger partial charge in [-0.2, -0.15) is 0 Å². The SMILES string of the molecule is CCC.OCCCCCCO. The summed E-state index contributed by atoms with van der Waals surface area (Å²) in [6, 6.07) is 0. The van der Waals surface area contributed by atoms with Gasteiger partial charge in [-0.1, -0.05) is 33.1 Å². The van der Waals surface area contributed by atoms with Crippen molar-refractivity contribution in [1.82, 2.24) is 0 Å². The van der Waals surface area contributed by atoms with Gasteiger partial charge in [0.25, 0.3) is 0 Å². The van der Waals surface area contributed by atoms with Crippen molar-refractivity contribution in [3.63, 3.8) is 0 Å². The third-order valence-corrected chi connectivity index (χ3v) is 1.07. The second kappa shape index (κ2) is 16.5. The van der Waals surface area contributed by atoms with E-state index < -0.39 is 0 Å². The van der Waals surface area contributed by atoms with Crippen LogP contribution in [0.15, 0.2) is 0 Å². The lowest BCUT2D eigenvalue weighted by molar-refractivity contribution is 0.265. The van der Waals surface area contributed by atoms with Crippen molar-refractivity contribution < 1.29 is 10.2 Å². The van der Waals surface area contributed by atoms with Crippen molar-refractivity contribution in [1.29, 1.82) is 0 Å². The van der Waals surface area contributed by atoms with E-state index in [2.05, 4.69) is 13.8 Å². The average Bonchev–Trinajstić information content (AvgIpc) is 2.00. The fourth-order valence-electron chi connectivity index (χ4n) is 0.577. The Morgan fingerprint density at radius 1 is 0.727 bits per heavy atom. The van der Waals surface area contributed by atoms with E-state index in [1.165, 1.54) is 6.42 Å². The average molecular weight is 162 g/mol. The van der Waals surface area contributed by atoms with Crippen molar-refractivity contribution in [2.75, 3.05) is 13.2 Å². The Morgan fingerprint density at radius 2 is 1.00 bits per heavy atom. The van der Waals surface area contributed by atoms with Crippen molar-refractivity contribution >= 4 is 0 Å². The Kier molecular flexibility index (Phi) is 20.2. The monoisotopic (exact) mass is 162 g/mol. The molecule has 0 aliphatic heterocycles. The van der Waals surface area contributed by atoms with Crippen LogP contribution in [0, 0.1) is 0 Å². The first-order chi connectivity index (χ1) is 5.33. The van der Waals surface area contributed by atoms with Gasteiger partial charge in [-0.15, -0.1) is 0 Å². The van der Waals surface area contributed by atoms with Crippen LogP contribution in [0.1, 0.15) is 46.0 Å². The van der Waals surface area contributed by atoms with Gasteiger partial charge < -0.3 is 10.2 Å². The van der Waals surface area contributed by atoms with Crippen LogP contribution in [-0.2, 0) is 0 Å². The topological polar surface area (TPSA) is 40.5 Å². The highest BCUT2D eigenvalue weighted by molar-refractivity contribution is 4.39. The first-order valence-electron chi connectivity index (χ1n) is 4.55. The lowest BCUT2D eigenvalue weighted by Gasteiger charge is -1.93. The highest BCUT2D eigenvalue weighted by Crippen LogP contribution is 1.96. The molecule has 0 spiro atoms. The second-order valence-electron chi connectivity index (χ2n) is 2.57. The van der Waals surface area contributed by atoms with Crippen molar-refractivity contribution in [2.45, 2.75) is 46.0 Å². The highest BCUT2D eigenvalue weighted by Gasteiger charge is 1.84. The smallest absolute Gasteiger partial charge is 0.0431 e. The van der Waals surface area contributed by atoms with Gasteiger partial charge in [0, 0.05) is 13.2 Å². The normalized spacial score (nSPS) is 8.73. The number of unbranched alkanes of at least 4 members (excludes halogenated alkanes) is 3. The standard InChI is InChI=1S/C6H14O2.C3H8/c7-5-3-1-2-4-6-8;1-3-2/h7-8H,1-6H2;3H2,1-2H3. The quantitative estimate of drug-likeness (QED) is 0.607. The van der Waals surface area contributed by atoms with Crippen LogP contribution in [0.5, 0.6) is 0 Å². The maximum absolute atomic E-state index is 8.30. The molecule has 2 heteroatoms. The summed E-state index contributed by atoms with van der Waals surface area (Å²) in [5.74, 6) is 0. The number of hydrogen-bond acceptors (Lipinski definition) is 2. The molecule has 0 aliphatic rings. The number of aliphatic hydroxyl groups is 2. The van der Waals surface area contributed by atoms with Gasteiger partial charge in [-0.05, 0) is 12.8 Å². The summed E-state index contributed by atoms with van der Waals surface area (Å²) in [7, 11) is 0. The Bertz CT molecular complexity index is 40.8. The van der Waals surface area contributed by atoms with E-state index >= 15 is 0 Å². The molecule has 0 fully saturated rings. The molecule has 0 aromatic carbocycles. The van der Waals surface area contributed by atoms with Gasteiger partial charge >= 0.3 is 0 Å². The van der Waals surface area contributed by atoms with E-state index in [1.807, 2.05) is 0 Å². The molecule has 0 amide bonds. The zero-order valence-electron chi connectivity index (χ0n) is 7.84. The number of hydrogen-bond donors (Lipinski definition) is 2. The summed E-state index contributed by atoms with van der Waals surface area (Å²) in [4.78, 5) is 0. The summed E-state index contributed by atoms with van der Waals surface area (Å²) in [5, 5.41) is 16.6. The molecule has 0 saturated heterocycles. The van der Waals surface area contributed by atoms with Gasteiger partial charge in [-0.25, -0.2) is 0 Å². The Labute approximate surface area is 70.3 Å². The summed E-state index contributed by atoms with van der Waals surface area (Å²) in [5.41, 5.74) is 0. The van der Waals surface area contributed by atoms with Gasteiger partial charge in [0.05, 0.1) is 0 Å². The highest BCUT2D eigenvalue weighted by atomic mass is 16.3. The van der Waals surface area contributed by atoms with Crippen molar-refractivity contribution in [2.24, 2.45) is 0 Å². The van der Waals surface area contributed by atoms with E-state index in [0.29, 0.717) is 0 Å². The molecule has 2 nitrogen and oxygen atoms in total. The van der Waals surface area contributed by atoms with Gasteiger partial charge in [0.15, 0.2) is 0 Å². The first kappa shape index (κ1) is 13.5. The molecule has 0 radical (unpaired) electrons. The number of aliphatic hydroxyl groups excluding tert-OH is 2. The predicted octanol–water partition coefficient (Wildman–Crippen LogP) is 1.95. The minimum absolute atomic E-state index is 0.283. The van der Waals surface area contributed by atoms with E-state index in [1.54, 1.807) is 0 Å². The van der Waals surface area contributed by atoms with Crippen LogP contribution in [0.4, 0.5) is 0 Å². The van der Waals surface area contributed by atoms with Crippen LogP contribution < -0.4 is 0 Å². The van der Waals surface area contributed by atoms with Gasteiger partial charge in [0.2, 0.25) is 0 Å². The molecule has 0 heterocycles. The first-order valence-corrected chi connectivity index (χ1v) is 4.55. The minimum Gasteiger partial charge on any atom is -0.396 e. The fraction of sp³-hybridized carbons (Fsp3) is 1.00. The molecule has 0 aromatic rings. The zero-order valence-corrected chi connectivity index (χ0v) is 7.84. The Morgan fingerprint density at radius 3 is 1.18 bits per heavy atom. The van der Waals surface area contributed by atoms with E-state index in [9.17, 15) is 0 Å². The second-order valence-corrected chi connectivity index (χ2v) is 2.57. The molecule has 70 valence electrons. The van der Waals surface area contributed by atoms with Crippen molar-refractivity contribution in [3.05, 3.63) is 0 Å². The summed E-state index contributed by atoms with van der Waals surface area (Å²) in [6.45, 7) is 4.82. The van der Waals surface area contributed by atoms with E-state index in [0.717, 1.165) is 25.7 Å². The third kappa shape index (κ3) is 25.7. The summed E-state index contributed by atoms with van der Waals surface area (Å²) >= 11 is 0. The molecular formula is C9H22O2. The molecule has 2 N–H and O–H groups in total. The predicted molar refractivity (Wildman–Crippen MR) is 48.6 cm³/mol. The lowest BCUT2D eigenvalue weighted by Crippen LogP contribution is -1.85.